The highest BCUT2D eigenvalue weighted by Crippen LogP contribution is 2.37. The van der Waals surface area contributed by atoms with Crippen LogP contribution in [0, 0.1) is 0 Å². The molecule has 0 fully saturated rings. The van der Waals surface area contributed by atoms with Gasteiger partial charge < -0.3 is 4.90 Å². The largest absolute Gasteiger partial charge is 0.341 e. The van der Waals surface area contributed by atoms with E-state index in [2.05, 4.69) is 41.3 Å². The molecule has 0 N–H and O–H groups in total. The molecule has 1 aliphatic rings. The number of halogens is 2. The Morgan fingerprint density at radius 3 is 2.45 bits per heavy atom. The lowest BCUT2D eigenvalue weighted by Crippen LogP contribution is -2.19. The number of alkyl halides is 1. The van der Waals surface area contributed by atoms with Gasteiger partial charge in [-0.1, -0.05) is 42.3 Å². The van der Waals surface area contributed by atoms with Gasteiger partial charge in [0, 0.05) is 28.8 Å². The van der Waals surface area contributed by atoms with Gasteiger partial charge in [-0.2, -0.15) is 0 Å². The van der Waals surface area contributed by atoms with Gasteiger partial charge in [0.1, 0.15) is 0 Å². The lowest BCUT2D eigenvalue weighted by atomic mass is 10.0. The van der Waals surface area contributed by atoms with Crippen molar-refractivity contribution in [2.24, 2.45) is 0 Å². The summed E-state index contributed by atoms with van der Waals surface area (Å²) in [5.74, 6) is 0.749. The van der Waals surface area contributed by atoms with Crippen molar-refractivity contribution in [2.45, 2.75) is 32.1 Å². The van der Waals surface area contributed by atoms with Crippen molar-refractivity contribution >= 4 is 34.6 Å². The topological polar surface area (TPSA) is 3.24 Å². The molecule has 1 heterocycles. The molecule has 0 atom stereocenters. The number of nitrogens with zero attached hydrogens (tertiary/aromatic N) is 1. The van der Waals surface area contributed by atoms with Gasteiger partial charge in [-0.05, 0) is 55.0 Å². The summed E-state index contributed by atoms with van der Waals surface area (Å²) >= 11 is 12.1. The minimum absolute atomic E-state index is 0.749. The number of unbranched alkanes of at least 4 members (excludes halogenated alkanes) is 2. The number of fused-ring (bicyclic) bond motifs is 2. The summed E-state index contributed by atoms with van der Waals surface area (Å²) in [6.07, 6.45) is 5.55. The molecule has 0 aliphatic carbocycles. The minimum Gasteiger partial charge on any atom is -0.341 e. The summed E-state index contributed by atoms with van der Waals surface area (Å²) in [7, 11) is 0. The summed E-state index contributed by atoms with van der Waals surface area (Å²) in [5, 5.41) is 0.809. The van der Waals surface area contributed by atoms with Gasteiger partial charge in [-0.15, -0.1) is 11.6 Å². The highest BCUT2D eigenvalue weighted by molar-refractivity contribution is 6.30. The molecule has 0 aromatic heterocycles. The highest BCUT2D eigenvalue weighted by Gasteiger charge is 2.20. The monoisotopic (exact) mass is 333 g/mol. The average molecular weight is 334 g/mol. The maximum Gasteiger partial charge on any atom is 0.0458 e. The normalized spacial score (nSPS) is 13.5. The standard InChI is InChI=1S/C19H21Cl2N/c20-12-4-1-5-13-22-18-7-3-2-6-15(18)8-9-16-10-11-17(21)14-19(16)22/h2-3,6-7,10-11,14H,1,4-5,8-9,12-13H2. The van der Waals surface area contributed by atoms with Crippen LogP contribution >= 0.6 is 23.2 Å². The second-order valence-electron chi connectivity index (χ2n) is 5.80. The molecule has 116 valence electrons. The fourth-order valence-corrected chi connectivity index (χ4v) is 3.52. The van der Waals surface area contributed by atoms with E-state index < -0.39 is 0 Å². The minimum atomic E-state index is 0.749. The van der Waals surface area contributed by atoms with Crippen LogP contribution in [0.3, 0.4) is 0 Å². The zero-order valence-electron chi connectivity index (χ0n) is 12.7. The number of aryl methyl sites for hydroxylation is 2. The molecule has 0 saturated carbocycles. The van der Waals surface area contributed by atoms with Gasteiger partial charge in [0.15, 0.2) is 0 Å². The van der Waals surface area contributed by atoms with Crippen molar-refractivity contribution < 1.29 is 0 Å². The number of hydrogen-bond acceptors (Lipinski definition) is 1. The van der Waals surface area contributed by atoms with E-state index in [0.29, 0.717) is 0 Å². The smallest absolute Gasteiger partial charge is 0.0458 e. The Hall–Kier alpha value is -1.18. The fraction of sp³-hybridized carbons (Fsp3) is 0.368. The second-order valence-corrected chi connectivity index (χ2v) is 6.62. The van der Waals surface area contributed by atoms with Crippen LogP contribution in [0.4, 0.5) is 11.4 Å². The van der Waals surface area contributed by atoms with E-state index in [1.807, 2.05) is 6.07 Å². The van der Waals surface area contributed by atoms with Gasteiger partial charge in [-0.25, -0.2) is 0 Å². The van der Waals surface area contributed by atoms with Gasteiger partial charge in [-0.3, -0.25) is 0 Å². The molecule has 22 heavy (non-hydrogen) atoms. The van der Waals surface area contributed by atoms with Gasteiger partial charge in [0.2, 0.25) is 0 Å². The Kier molecular flexibility index (Phi) is 5.28. The zero-order chi connectivity index (χ0) is 15.4. The highest BCUT2D eigenvalue weighted by atomic mass is 35.5. The fourth-order valence-electron chi connectivity index (χ4n) is 3.17. The predicted octanol–water partition coefficient (Wildman–Crippen LogP) is 5.99. The Labute approximate surface area is 142 Å². The number of hydrogen-bond donors (Lipinski definition) is 0. The van der Waals surface area contributed by atoms with Crippen LogP contribution in [-0.2, 0) is 12.8 Å². The Bertz CT molecular complexity index is 639. The van der Waals surface area contributed by atoms with E-state index in [1.54, 1.807) is 0 Å². The van der Waals surface area contributed by atoms with Crippen LogP contribution in [-0.4, -0.2) is 12.4 Å². The number of benzene rings is 2. The van der Waals surface area contributed by atoms with Crippen LogP contribution in [0.1, 0.15) is 30.4 Å². The summed E-state index contributed by atoms with van der Waals surface area (Å²) in [5.41, 5.74) is 5.41. The van der Waals surface area contributed by atoms with Crippen LogP contribution in [0.2, 0.25) is 5.02 Å². The molecule has 0 spiro atoms. The number of anilines is 2. The first-order chi connectivity index (χ1) is 10.8. The summed E-state index contributed by atoms with van der Waals surface area (Å²) in [6.45, 7) is 1.02. The Balaban J connectivity index is 1.95. The lowest BCUT2D eigenvalue weighted by molar-refractivity contribution is 0.719. The maximum atomic E-state index is 6.26. The third-order valence-corrected chi connectivity index (χ3v) is 4.80. The first kappa shape index (κ1) is 15.7. The van der Waals surface area contributed by atoms with E-state index in [-0.39, 0.29) is 0 Å². The van der Waals surface area contributed by atoms with Crippen molar-refractivity contribution in [3.63, 3.8) is 0 Å². The molecule has 0 unspecified atom stereocenters. The zero-order valence-corrected chi connectivity index (χ0v) is 14.2. The molecule has 0 bridgehead atoms. The third-order valence-electron chi connectivity index (χ3n) is 4.30. The van der Waals surface area contributed by atoms with E-state index in [4.69, 9.17) is 23.2 Å². The molecule has 1 nitrogen and oxygen atoms in total. The van der Waals surface area contributed by atoms with Crippen molar-refractivity contribution in [3.8, 4) is 0 Å². The second kappa shape index (κ2) is 7.39. The van der Waals surface area contributed by atoms with Crippen molar-refractivity contribution in [2.75, 3.05) is 17.3 Å². The maximum absolute atomic E-state index is 6.26. The molecule has 2 aromatic carbocycles. The average Bonchev–Trinajstić information content (AvgIpc) is 2.69. The molecule has 3 heteroatoms. The summed E-state index contributed by atoms with van der Waals surface area (Å²) < 4.78 is 0. The molecule has 2 aromatic rings. The van der Waals surface area contributed by atoms with Crippen molar-refractivity contribution in [1.82, 2.24) is 0 Å². The third kappa shape index (κ3) is 3.42. The molecule has 3 rings (SSSR count). The van der Waals surface area contributed by atoms with Gasteiger partial charge in [0.25, 0.3) is 0 Å². The van der Waals surface area contributed by atoms with E-state index >= 15 is 0 Å². The van der Waals surface area contributed by atoms with Crippen molar-refractivity contribution in [1.29, 1.82) is 0 Å². The SMILES string of the molecule is ClCCCCCN1c2ccccc2CCc2ccc(Cl)cc21. The molecular weight excluding hydrogens is 313 g/mol. The summed E-state index contributed by atoms with van der Waals surface area (Å²) in [6, 6.07) is 15.0. The first-order valence-corrected chi connectivity index (χ1v) is 8.90. The van der Waals surface area contributed by atoms with Crippen molar-refractivity contribution in [3.05, 3.63) is 58.6 Å². The Morgan fingerprint density at radius 1 is 0.864 bits per heavy atom. The van der Waals surface area contributed by atoms with Gasteiger partial charge in [0.05, 0.1) is 0 Å². The lowest BCUT2D eigenvalue weighted by Gasteiger charge is -2.27. The van der Waals surface area contributed by atoms with Crippen LogP contribution < -0.4 is 4.90 Å². The van der Waals surface area contributed by atoms with E-state index in [1.165, 1.54) is 22.5 Å². The molecular formula is C19H21Cl2N. The van der Waals surface area contributed by atoms with Crippen LogP contribution in [0.5, 0.6) is 0 Å². The van der Waals surface area contributed by atoms with E-state index in [0.717, 1.165) is 49.6 Å². The summed E-state index contributed by atoms with van der Waals surface area (Å²) in [4.78, 5) is 2.44. The molecule has 0 radical (unpaired) electrons. The molecule has 1 aliphatic heterocycles. The Morgan fingerprint density at radius 2 is 1.64 bits per heavy atom. The predicted molar refractivity (Wildman–Crippen MR) is 96.9 cm³/mol. The van der Waals surface area contributed by atoms with Crippen LogP contribution in [0.25, 0.3) is 0 Å². The number of para-hydroxylation sites is 1. The van der Waals surface area contributed by atoms with E-state index in [9.17, 15) is 0 Å². The molecule has 0 amide bonds. The molecule has 0 saturated heterocycles. The first-order valence-electron chi connectivity index (χ1n) is 7.99. The van der Waals surface area contributed by atoms with Gasteiger partial charge >= 0.3 is 0 Å². The van der Waals surface area contributed by atoms with Crippen LogP contribution in [0.15, 0.2) is 42.5 Å². The quantitative estimate of drug-likeness (QED) is 0.480. The number of rotatable bonds is 5.